The third kappa shape index (κ3) is 4.57. The van der Waals surface area contributed by atoms with Crippen molar-refractivity contribution in [2.24, 2.45) is 0 Å². The van der Waals surface area contributed by atoms with Crippen LogP contribution in [0.2, 0.25) is 0 Å². The van der Waals surface area contributed by atoms with Crippen molar-refractivity contribution in [2.45, 2.75) is 83.3 Å². The van der Waals surface area contributed by atoms with Crippen molar-refractivity contribution in [3.8, 4) is 0 Å². The Hall–Kier alpha value is -2.76. The summed E-state index contributed by atoms with van der Waals surface area (Å²) in [5, 5.41) is 3.71. The predicted octanol–water partition coefficient (Wildman–Crippen LogP) is 6.10. The SMILES string of the molecule is CC[C@@H]1CCc2ncnc(N3CC4(CCN(Cc5ccccc5)CC4)c4c(CNC(C)C)cccc43)c21. The van der Waals surface area contributed by atoms with E-state index >= 15 is 0 Å². The fraction of sp³-hybridized carbons (Fsp3) is 0.500. The molecule has 0 radical (unpaired) electrons. The Labute approximate surface area is 222 Å². The van der Waals surface area contributed by atoms with Crippen molar-refractivity contribution in [1.29, 1.82) is 0 Å². The molecule has 5 nitrogen and oxygen atoms in total. The van der Waals surface area contributed by atoms with Crippen LogP contribution < -0.4 is 10.2 Å². The highest BCUT2D eigenvalue weighted by Gasteiger charge is 2.47. The van der Waals surface area contributed by atoms with Crippen LogP contribution in [0.5, 0.6) is 0 Å². The minimum Gasteiger partial charge on any atom is -0.325 e. The molecule has 194 valence electrons. The van der Waals surface area contributed by atoms with Crippen LogP contribution in [0.1, 0.15) is 80.3 Å². The summed E-state index contributed by atoms with van der Waals surface area (Å²) in [5.41, 5.74) is 8.67. The number of hydrogen-bond acceptors (Lipinski definition) is 5. The number of piperidine rings is 1. The van der Waals surface area contributed by atoms with Gasteiger partial charge in [-0.05, 0) is 73.9 Å². The minimum atomic E-state index is 0.163. The molecule has 3 aliphatic rings. The number of aromatic nitrogens is 2. The van der Waals surface area contributed by atoms with Crippen molar-refractivity contribution in [3.63, 3.8) is 0 Å². The summed E-state index contributed by atoms with van der Waals surface area (Å²) in [7, 11) is 0. The largest absolute Gasteiger partial charge is 0.325 e. The van der Waals surface area contributed by atoms with Gasteiger partial charge in [-0.1, -0.05) is 63.2 Å². The van der Waals surface area contributed by atoms with Gasteiger partial charge in [-0.25, -0.2) is 9.97 Å². The molecule has 0 bridgehead atoms. The van der Waals surface area contributed by atoms with Gasteiger partial charge in [0.2, 0.25) is 0 Å². The molecule has 1 aliphatic carbocycles. The lowest BCUT2D eigenvalue weighted by molar-refractivity contribution is 0.160. The number of aryl methyl sites for hydroxylation is 1. The van der Waals surface area contributed by atoms with Crippen LogP contribution in [0.15, 0.2) is 54.9 Å². The average Bonchev–Trinajstić information content (AvgIpc) is 3.49. The summed E-state index contributed by atoms with van der Waals surface area (Å²) in [5.74, 6) is 1.75. The van der Waals surface area contributed by atoms with E-state index in [4.69, 9.17) is 9.97 Å². The smallest absolute Gasteiger partial charge is 0.140 e. The van der Waals surface area contributed by atoms with Crippen LogP contribution in [0.25, 0.3) is 0 Å². The van der Waals surface area contributed by atoms with Crippen LogP contribution in [0, 0.1) is 0 Å². The molecule has 1 N–H and O–H groups in total. The minimum absolute atomic E-state index is 0.163. The first-order chi connectivity index (χ1) is 18.1. The molecule has 1 saturated heterocycles. The molecule has 1 spiro atoms. The van der Waals surface area contributed by atoms with E-state index in [0.29, 0.717) is 12.0 Å². The van der Waals surface area contributed by atoms with Crippen LogP contribution >= 0.6 is 0 Å². The summed E-state index contributed by atoms with van der Waals surface area (Å²) < 4.78 is 0. The van der Waals surface area contributed by atoms with Gasteiger partial charge < -0.3 is 10.2 Å². The van der Waals surface area contributed by atoms with E-state index in [1.165, 1.54) is 53.2 Å². The lowest BCUT2D eigenvalue weighted by Gasteiger charge is -2.41. The Morgan fingerprint density at radius 3 is 2.59 bits per heavy atom. The predicted molar refractivity (Wildman–Crippen MR) is 151 cm³/mol. The van der Waals surface area contributed by atoms with Crippen molar-refractivity contribution >= 4 is 11.5 Å². The van der Waals surface area contributed by atoms with Crippen molar-refractivity contribution < 1.29 is 0 Å². The molecule has 2 aromatic carbocycles. The van der Waals surface area contributed by atoms with Gasteiger partial charge in [0.1, 0.15) is 12.1 Å². The molecule has 37 heavy (non-hydrogen) atoms. The molecule has 3 aromatic rings. The molecule has 5 heteroatoms. The molecule has 1 atom stereocenters. The van der Waals surface area contributed by atoms with Gasteiger partial charge in [0.25, 0.3) is 0 Å². The number of nitrogens with one attached hydrogen (secondary N) is 1. The van der Waals surface area contributed by atoms with Gasteiger partial charge >= 0.3 is 0 Å². The highest BCUT2D eigenvalue weighted by atomic mass is 15.2. The summed E-state index contributed by atoms with van der Waals surface area (Å²) in [4.78, 5) is 14.9. The van der Waals surface area contributed by atoms with Gasteiger partial charge in [-0.3, -0.25) is 4.90 Å². The second kappa shape index (κ2) is 10.2. The summed E-state index contributed by atoms with van der Waals surface area (Å²) in [6.45, 7) is 12.0. The average molecular weight is 496 g/mol. The molecule has 0 unspecified atom stereocenters. The Kier molecular flexibility index (Phi) is 6.76. The number of fused-ring (bicyclic) bond motifs is 3. The van der Waals surface area contributed by atoms with Gasteiger partial charge in [0.15, 0.2) is 0 Å². The number of benzene rings is 2. The lowest BCUT2D eigenvalue weighted by Crippen LogP contribution is -2.45. The molecular formula is C32H41N5. The van der Waals surface area contributed by atoms with E-state index in [9.17, 15) is 0 Å². The topological polar surface area (TPSA) is 44.3 Å². The van der Waals surface area contributed by atoms with E-state index in [2.05, 4.69) is 84.4 Å². The summed E-state index contributed by atoms with van der Waals surface area (Å²) in [6.07, 6.45) is 7.63. The Morgan fingerprint density at radius 1 is 1.03 bits per heavy atom. The van der Waals surface area contributed by atoms with Gasteiger partial charge in [0.05, 0.1) is 0 Å². The molecule has 3 heterocycles. The van der Waals surface area contributed by atoms with Crippen molar-refractivity contribution in [2.75, 3.05) is 24.5 Å². The molecule has 0 saturated carbocycles. The summed E-state index contributed by atoms with van der Waals surface area (Å²) >= 11 is 0. The number of hydrogen-bond donors (Lipinski definition) is 1. The molecule has 2 aliphatic heterocycles. The second-order valence-electron chi connectivity index (χ2n) is 11.7. The van der Waals surface area contributed by atoms with E-state index in [1.807, 2.05) is 6.33 Å². The van der Waals surface area contributed by atoms with Crippen LogP contribution in [-0.4, -0.2) is 40.5 Å². The quantitative estimate of drug-likeness (QED) is 0.429. The monoisotopic (exact) mass is 495 g/mol. The van der Waals surface area contributed by atoms with E-state index < -0.39 is 0 Å². The fourth-order valence-corrected chi connectivity index (χ4v) is 7.05. The first kappa shape index (κ1) is 24.6. The highest BCUT2D eigenvalue weighted by molar-refractivity contribution is 5.75. The Bertz CT molecular complexity index is 1230. The Morgan fingerprint density at radius 2 is 1.84 bits per heavy atom. The normalized spacial score (nSPS) is 20.5. The molecule has 1 aromatic heterocycles. The standard InChI is InChI=1S/C32H41N5/c1-4-25-13-14-27-29(25)31(35-22-34-27)37-21-32(30-26(19-33-23(2)3)11-8-12-28(30)37)15-17-36(18-16-32)20-24-9-6-5-7-10-24/h5-12,22-23,25,33H,4,13-21H2,1-3H3/t25-/m1/s1. The van der Waals surface area contributed by atoms with E-state index in [-0.39, 0.29) is 5.41 Å². The van der Waals surface area contributed by atoms with Gasteiger partial charge in [0, 0.05) is 48.0 Å². The summed E-state index contributed by atoms with van der Waals surface area (Å²) in [6, 6.07) is 18.4. The number of nitrogens with zero attached hydrogens (tertiary/aromatic N) is 4. The highest BCUT2D eigenvalue weighted by Crippen LogP contribution is 2.53. The molecule has 0 amide bonds. The van der Waals surface area contributed by atoms with Crippen LogP contribution in [0.3, 0.4) is 0 Å². The third-order valence-electron chi connectivity index (χ3n) is 9.01. The maximum absolute atomic E-state index is 4.97. The molecule has 6 rings (SSSR count). The molecular weight excluding hydrogens is 454 g/mol. The number of rotatable bonds is 7. The van der Waals surface area contributed by atoms with Crippen molar-refractivity contribution in [3.05, 3.63) is 82.8 Å². The van der Waals surface area contributed by atoms with E-state index in [1.54, 1.807) is 5.56 Å². The third-order valence-corrected chi connectivity index (χ3v) is 9.01. The lowest BCUT2D eigenvalue weighted by atomic mass is 9.72. The zero-order valence-electron chi connectivity index (χ0n) is 22.7. The van der Waals surface area contributed by atoms with E-state index in [0.717, 1.165) is 45.6 Å². The van der Waals surface area contributed by atoms with Gasteiger partial charge in [-0.2, -0.15) is 0 Å². The first-order valence-electron chi connectivity index (χ1n) is 14.3. The Balaban J connectivity index is 1.36. The maximum atomic E-state index is 4.97. The first-order valence-corrected chi connectivity index (χ1v) is 14.3. The van der Waals surface area contributed by atoms with Crippen LogP contribution in [0.4, 0.5) is 11.5 Å². The van der Waals surface area contributed by atoms with Gasteiger partial charge in [-0.15, -0.1) is 0 Å². The maximum Gasteiger partial charge on any atom is 0.140 e. The fourth-order valence-electron chi connectivity index (χ4n) is 7.05. The zero-order valence-corrected chi connectivity index (χ0v) is 22.7. The van der Waals surface area contributed by atoms with Crippen molar-refractivity contribution in [1.82, 2.24) is 20.2 Å². The number of anilines is 2. The molecule has 1 fully saturated rings. The van der Waals surface area contributed by atoms with Crippen LogP contribution in [-0.2, 0) is 24.9 Å². The number of likely N-dealkylation sites (tertiary alicyclic amines) is 1. The second-order valence-corrected chi connectivity index (χ2v) is 11.7. The zero-order chi connectivity index (χ0) is 25.4.